The van der Waals surface area contributed by atoms with Gasteiger partial charge in [-0.25, -0.2) is 4.68 Å². The Kier molecular flexibility index (Phi) is 6.30. The molecule has 2 aromatic carbocycles. The molecule has 4 rings (SSSR count). The van der Waals surface area contributed by atoms with Gasteiger partial charge in [-0.3, -0.25) is 9.59 Å². The van der Waals surface area contributed by atoms with E-state index < -0.39 is 5.91 Å². The lowest BCUT2D eigenvalue weighted by Gasteiger charge is -2.18. The summed E-state index contributed by atoms with van der Waals surface area (Å²) in [7, 11) is 0. The normalized spacial score (nSPS) is 13.5. The van der Waals surface area contributed by atoms with Crippen molar-refractivity contribution in [3.05, 3.63) is 81.1 Å². The molecule has 0 bridgehead atoms. The summed E-state index contributed by atoms with van der Waals surface area (Å²) in [6.45, 7) is 3.61. The monoisotopic (exact) mass is 456 g/mol. The number of benzene rings is 2. The number of nitrogens with one attached hydrogen (secondary N) is 1. The van der Waals surface area contributed by atoms with E-state index in [1.165, 1.54) is 0 Å². The molecule has 1 N–H and O–H groups in total. The summed E-state index contributed by atoms with van der Waals surface area (Å²) in [5, 5.41) is 7.92. The smallest absolute Gasteiger partial charge is 0.260 e. The summed E-state index contributed by atoms with van der Waals surface area (Å²) in [4.78, 5) is 27.8. The van der Waals surface area contributed by atoms with Gasteiger partial charge in [-0.1, -0.05) is 53.5 Å². The predicted molar refractivity (Wildman–Crippen MR) is 122 cm³/mol. The first-order chi connectivity index (χ1) is 14.9. The van der Waals surface area contributed by atoms with Gasteiger partial charge in [0.25, 0.3) is 11.8 Å². The predicted octanol–water partition coefficient (Wildman–Crippen LogP) is 5.03. The van der Waals surface area contributed by atoms with Crippen molar-refractivity contribution in [3.63, 3.8) is 0 Å². The van der Waals surface area contributed by atoms with Crippen LogP contribution >= 0.6 is 23.2 Å². The Balaban J connectivity index is 1.60. The number of carbonyl (C=O) groups excluding carboxylic acids is 2. The van der Waals surface area contributed by atoms with E-state index in [1.807, 2.05) is 30.3 Å². The van der Waals surface area contributed by atoms with Crippen LogP contribution in [0.25, 0.3) is 0 Å². The van der Waals surface area contributed by atoms with E-state index in [0.29, 0.717) is 41.6 Å². The zero-order valence-electron chi connectivity index (χ0n) is 17.1. The van der Waals surface area contributed by atoms with Crippen molar-refractivity contribution in [3.8, 4) is 0 Å². The molecule has 31 heavy (non-hydrogen) atoms. The number of amides is 2. The molecular weight excluding hydrogens is 435 g/mol. The maximum atomic E-state index is 13.1. The van der Waals surface area contributed by atoms with Gasteiger partial charge < -0.3 is 10.2 Å². The van der Waals surface area contributed by atoms with Gasteiger partial charge in [0.15, 0.2) is 0 Å². The van der Waals surface area contributed by atoms with Crippen molar-refractivity contribution < 1.29 is 9.59 Å². The SMILES string of the molecule is Cc1nn(Cc2ccccc2)c(Cl)c1C(=O)Nc1cc(Cl)ccc1C(=O)N1CCCC1. The Morgan fingerprint density at radius 1 is 1.06 bits per heavy atom. The quantitative estimate of drug-likeness (QED) is 0.584. The minimum atomic E-state index is -0.431. The van der Waals surface area contributed by atoms with E-state index in [-0.39, 0.29) is 16.6 Å². The fourth-order valence-corrected chi connectivity index (χ4v) is 4.25. The molecule has 1 aliphatic heterocycles. The van der Waals surface area contributed by atoms with Crippen molar-refractivity contribution in [1.82, 2.24) is 14.7 Å². The van der Waals surface area contributed by atoms with Crippen molar-refractivity contribution in [2.24, 2.45) is 0 Å². The van der Waals surface area contributed by atoms with E-state index in [9.17, 15) is 9.59 Å². The third-order valence-corrected chi connectivity index (χ3v) is 5.94. The first-order valence-electron chi connectivity index (χ1n) is 10.1. The molecule has 0 radical (unpaired) electrons. The average molecular weight is 457 g/mol. The van der Waals surface area contributed by atoms with E-state index >= 15 is 0 Å². The molecule has 1 aliphatic rings. The number of halogens is 2. The molecule has 0 unspecified atom stereocenters. The number of carbonyl (C=O) groups is 2. The standard InChI is InChI=1S/C23H22Cl2N4O2/c1-15-20(21(25)29(27-15)14-16-7-3-2-4-8-16)22(30)26-19-13-17(24)9-10-18(19)23(31)28-11-5-6-12-28/h2-4,7-10,13H,5-6,11-12,14H2,1H3,(H,26,30). The molecule has 2 amide bonds. The van der Waals surface area contributed by atoms with Crippen LogP contribution in [0.2, 0.25) is 10.2 Å². The Labute approximate surface area is 190 Å². The van der Waals surface area contributed by atoms with Crippen LogP contribution in [0.1, 0.15) is 44.8 Å². The van der Waals surface area contributed by atoms with Crippen molar-refractivity contribution in [2.75, 3.05) is 18.4 Å². The zero-order valence-corrected chi connectivity index (χ0v) is 18.6. The molecule has 0 atom stereocenters. The van der Waals surface area contributed by atoms with Crippen molar-refractivity contribution in [1.29, 1.82) is 0 Å². The average Bonchev–Trinajstić information content (AvgIpc) is 3.37. The fraction of sp³-hybridized carbons (Fsp3) is 0.261. The van der Waals surface area contributed by atoms with Crippen LogP contribution < -0.4 is 5.32 Å². The Hall–Kier alpha value is -2.83. The van der Waals surface area contributed by atoms with E-state index in [4.69, 9.17) is 23.2 Å². The molecule has 160 valence electrons. The second-order valence-corrected chi connectivity index (χ2v) is 8.33. The number of aromatic nitrogens is 2. The van der Waals surface area contributed by atoms with Crippen LogP contribution in [0.3, 0.4) is 0 Å². The summed E-state index contributed by atoms with van der Waals surface area (Å²) in [5.41, 5.74) is 2.57. The van der Waals surface area contributed by atoms with Crippen LogP contribution in [-0.4, -0.2) is 39.6 Å². The molecule has 0 saturated carbocycles. The van der Waals surface area contributed by atoms with E-state index in [1.54, 1.807) is 34.7 Å². The molecule has 2 heterocycles. The zero-order chi connectivity index (χ0) is 22.0. The maximum absolute atomic E-state index is 13.1. The van der Waals surface area contributed by atoms with Crippen molar-refractivity contribution >= 4 is 40.7 Å². The third-order valence-electron chi connectivity index (χ3n) is 5.32. The Bertz CT molecular complexity index is 1120. The van der Waals surface area contributed by atoms with Crippen LogP contribution in [0.15, 0.2) is 48.5 Å². The fourth-order valence-electron chi connectivity index (χ4n) is 3.75. The van der Waals surface area contributed by atoms with Gasteiger partial charge in [-0.2, -0.15) is 5.10 Å². The second kappa shape index (κ2) is 9.12. The van der Waals surface area contributed by atoms with Gasteiger partial charge in [-0.05, 0) is 43.5 Å². The van der Waals surface area contributed by atoms with Gasteiger partial charge in [0.2, 0.25) is 0 Å². The number of hydrogen-bond acceptors (Lipinski definition) is 3. The van der Waals surface area contributed by atoms with Gasteiger partial charge in [0, 0.05) is 18.1 Å². The molecule has 1 aromatic heterocycles. The van der Waals surface area contributed by atoms with Crippen LogP contribution in [0.5, 0.6) is 0 Å². The molecular formula is C23H22Cl2N4O2. The van der Waals surface area contributed by atoms with Gasteiger partial charge in [-0.15, -0.1) is 0 Å². The summed E-state index contributed by atoms with van der Waals surface area (Å²) < 4.78 is 1.59. The number of anilines is 1. The van der Waals surface area contributed by atoms with Gasteiger partial charge in [0.1, 0.15) is 5.15 Å². The number of rotatable bonds is 5. The highest BCUT2D eigenvalue weighted by Crippen LogP contribution is 2.27. The Morgan fingerprint density at radius 3 is 2.48 bits per heavy atom. The topological polar surface area (TPSA) is 67.2 Å². The summed E-state index contributed by atoms with van der Waals surface area (Å²) >= 11 is 12.7. The van der Waals surface area contributed by atoms with E-state index in [2.05, 4.69) is 10.4 Å². The van der Waals surface area contributed by atoms with Crippen LogP contribution in [-0.2, 0) is 6.54 Å². The number of likely N-dealkylation sites (tertiary alicyclic amines) is 1. The number of aryl methyl sites for hydroxylation is 1. The molecule has 0 aliphatic carbocycles. The largest absolute Gasteiger partial charge is 0.339 e. The number of hydrogen-bond donors (Lipinski definition) is 1. The van der Waals surface area contributed by atoms with E-state index in [0.717, 1.165) is 18.4 Å². The lowest BCUT2D eigenvalue weighted by molar-refractivity contribution is 0.0794. The molecule has 8 heteroatoms. The summed E-state index contributed by atoms with van der Waals surface area (Å²) in [6, 6.07) is 14.6. The third kappa shape index (κ3) is 4.60. The first-order valence-corrected chi connectivity index (χ1v) is 10.9. The molecule has 6 nitrogen and oxygen atoms in total. The van der Waals surface area contributed by atoms with Crippen molar-refractivity contribution in [2.45, 2.75) is 26.3 Å². The van der Waals surface area contributed by atoms with Crippen LogP contribution in [0, 0.1) is 6.92 Å². The highest BCUT2D eigenvalue weighted by molar-refractivity contribution is 6.34. The molecule has 1 fully saturated rings. The minimum Gasteiger partial charge on any atom is -0.339 e. The van der Waals surface area contributed by atoms with Gasteiger partial charge >= 0.3 is 0 Å². The maximum Gasteiger partial charge on any atom is 0.260 e. The van der Waals surface area contributed by atoms with Crippen LogP contribution in [0.4, 0.5) is 5.69 Å². The number of nitrogens with zero attached hydrogens (tertiary/aromatic N) is 3. The lowest BCUT2D eigenvalue weighted by Crippen LogP contribution is -2.29. The summed E-state index contributed by atoms with van der Waals surface area (Å²) in [5.74, 6) is -0.549. The first kappa shape index (κ1) is 21.4. The minimum absolute atomic E-state index is 0.118. The molecule has 3 aromatic rings. The highest BCUT2D eigenvalue weighted by atomic mass is 35.5. The van der Waals surface area contributed by atoms with Gasteiger partial charge in [0.05, 0.1) is 29.1 Å². The molecule has 1 saturated heterocycles. The highest BCUT2D eigenvalue weighted by Gasteiger charge is 2.25. The lowest BCUT2D eigenvalue weighted by atomic mass is 10.1. The molecule has 0 spiro atoms. The summed E-state index contributed by atoms with van der Waals surface area (Å²) in [6.07, 6.45) is 1.97. The Morgan fingerprint density at radius 2 is 1.77 bits per heavy atom. The second-order valence-electron chi connectivity index (χ2n) is 7.54.